The van der Waals surface area contributed by atoms with Gasteiger partial charge in [0.05, 0.1) is 30.2 Å². The van der Waals surface area contributed by atoms with Crippen molar-refractivity contribution >= 4 is 17.3 Å². The quantitative estimate of drug-likeness (QED) is 0.884. The summed E-state index contributed by atoms with van der Waals surface area (Å²) in [7, 11) is 1.69. The number of hydrogen-bond acceptors (Lipinski definition) is 5. The second-order valence-corrected chi connectivity index (χ2v) is 7.89. The number of ether oxygens (including phenoxy) is 1. The summed E-state index contributed by atoms with van der Waals surface area (Å²) in [5, 5.41) is 12.8. The van der Waals surface area contributed by atoms with Crippen LogP contribution in [0.3, 0.4) is 0 Å². The molecule has 1 aliphatic rings. The van der Waals surface area contributed by atoms with E-state index < -0.39 is 0 Å². The Morgan fingerprint density at radius 1 is 1.36 bits per heavy atom. The van der Waals surface area contributed by atoms with Crippen LogP contribution in [0.25, 0.3) is 0 Å². The molecule has 6 nitrogen and oxygen atoms in total. The van der Waals surface area contributed by atoms with Gasteiger partial charge in [-0.25, -0.2) is 4.68 Å². The summed E-state index contributed by atoms with van der Waals surface area (Å²) < 4.78 is 7.37. The largest absolute Gasteiger partial charge is 0.495 e. The van der Waals surface area contributed by atoms with Gasteiger partial charge < -0.3 is 15.0 Å². The van der Waals surface area contributed by atoms with E-state index in [2.05, 4.69) is 41.3 Å². The molecule has 1 aliphatic heterocycles. The second kappa shape index (κ2) is 7.22. The SMILES string of the molecule is COc1ccc(Cl)cc1N1CCC(NCc2cn(C(C)(C)C)nn2)C1. The number of rotatable bonds is 5. The van der Waals surface area contributed by atoms with Gasteiger partial charge in [0, 0.05) is 30.7 Å². The molecule has 0 amide bonds. The molecule has 136 valence electrons. The topological polar surface area (TPSA) is 55.2 Å². The van der Waals surface area contributed by atoms with E-state index >= 15 is 0 Å². The first kappa shape index (κ1) is 18.0. The van der Waals surface area contributed by atoms with Crippen LogP contribution >= 0.6 is 11.6 Å². The van der Waals surface area contributed by atoms with E-state index in [1.165, 1.54) is 0 Å². The standard InChI is InChI=1S/C18H26ClN5O/c1-18(2,3)24-12-15(21-22-24)10-20-14-7-8-23(11-14)16-9-13(19)5-6-17(16)25-4/h5-6,9,12,14,20H,7-8,10-11H2,1-4H3. The maximum atomic E-state index is 6.15. The lowest BCUT2D eigenvalue weighted by Crippen LogP contribution is -2.32. The van der Waals surface area contributed by atoms with Crippen molar-refractivity contribution < 1.29 is 4.74 Å². The normalized spacial score (nSPS) is 18.0. The number of methoxy groups -OCH3 is 1. The van der Waals surface area contributed by atoms with E-state index in [0.29, 0.717) is 6.04 Å². The third kappa shape index (κ3) is 4.25. The minimum atomic E-state index is -0.0431. The lowest BCUT2D eigenvalue weighted by Gasteiger charge is -2.21. The number of anilines is 1. The number of nitrogens with zero attached hydrogens (tertiary/aromatic N) is 4. The zero-order valence-electron chi connectivity index (χ0n) is 15.3. The van der Waals surface area contributed by atoms with Crippen molar-refractivity contribution in [3.05, 3.63) is 35.1 Å². The highest BCUT2D eigenvalue weighted by molar-refractivity contribution is 6.30. The molecule has 1 aromatic carbocycles. The Balaban J connectivity index is 1.59. The van der Waals surface area contributed by atoms with Crippen LogP contribution in [0.1, 0.15) is 32.9 Å². The minimum Gasteiger partial charge on any atom is -0.495 e. The first-order valence-electron chi connectivity index (χ1n) is 8.60. The van der Waals surface area contributed by atoms with Crippen molar-refractivity contribution in [2.45, 2.75) is 45.3 Å². The fourth-order valence-electron chi connectivity index (χ4n) is 3.01. The van der Waals surface area contributed by atoms with Crippen molar-refractivity contribution in [3.63, 3.8) is 0 Å². The molecular weight excluding hydrogens is 338 g/mol. The molecule has 1 N–H and O–H groups in total. The van der Waals surface area contributed by atoms with Crippen LogP contribution in [0.15, 0.2) is 24.4 Å². The monoisotopic (exact) mass is 363 g/mol. The highest BCUT2D eigenvalue weighted by Gasteiger charge is 2.25. The van der Waals surface area contributed by atoms with Crippen LogP contribution < -0.4 is 15.0 Å². The van der Waals surface area contributed by atoms with Gasteiger partial charge in [-0.2, -0.15) is 0 Å². The Morgan fingerprint density at radius 2 is 2.16 bits per heavy atom. The fourth-order valence-corrected chi connectivity index (χ4v) is 3.18. The molecule has 2 aromatic rings. The third-order valence-corrected chi connectivity index (χ3v) is 4.70. The van der Waals surface area contributed by atoms with Gasteiger partial charge in [0.25, 0.3) is 0 Å². The summed E-state index contributed by atoms with van der Waals surface area (Å²) in [4.78, 5) is 2.31. The molecule has 1 unspecified atom stereocenters. The van der Waals surface area contributed by atoms with Gasteiger partial charge in [-0.1, -0.05) is 16.8 Å². The Hall–Kier alpha value is -1.79. The molecule has 0 spiro atoms. The highest BCUT2D eigenvalue weighted by atomic mass is 35.5. The van der Waals surface area contributed by atoms with E-state index in [1.807, 2.05) is 29.1 Å². The van der Waals surface area contributed by atoms with E-state index in [0.717, 1.165) is 48.2 Å². The average Bonchev–Trinajstić information content (AvgIpc) is 3.22. The van der Waals surface area contributed by atoms with Crippen LogP contribution in [-0.2, 0) is 12.1 Å². The summed E-state index contributed by atoms with van der Waals surface area (Å²) in [6.07, 6.45) is 3.09. The lowest BCUT2D eigenvalue weighted by atomic mass is 10.1. The van der Waals surface area contributed by atoms with Crippen LogP contribution in [0, 0.1) is 0 Å². The molecule has 1 aromatic heterocycles. The summed E-state index contributed by atoms with van der Waals surface area (Å²) in [5.41, 5.74) is 1.98. The number of halogens is 1. The molecule has 25 heavy (non-hydrogen) atoms. The average molecular weight is 364 g/mol. The minimum absolute atomic E-state index is 0.0431. The maximum absolute atomic E-state index is 6.15. The van der Waals surface area contributed by atoms with Crippen LogP contribution in [-0.4, -0.2) is 41.2 Å². The summed E-state index contributed by atoms with van der Waals surface area (Å²) in [5.74, 6) is 0.859. The predicted molar refractivity (Wildman–Crippen MR) is 100 cm³/mol. The first-order chi connectivity index (χ1) is 11.9. The van der Waals surface area contributed by atoms with Gasteiger partial charge in [0.1, 0.15) is 5.75 Å². The Morgan fingerprint density at radius 3 is 2.84 bits per heavy atom. The third-order valence-electron chi connectivity index (χ3n) is 4.47. The molecule has 0 bridgehead atoms. The zero-order chi connectivity index (χ0) is 18.0. The second-order valence-electron chi connectivity index (χ2n) is 7.45. The zero-order valence-corrected chi connectivity index (χ0v) is 16.0. The Labute approximate surface area is 154 Å². The molecule has 1 fully saturated rings. The first-order valence-corrected chi connectivity index (χ1v) is 8.98. The Kier molecular flexibility index (Phi) is 5.20. The molecular formula is C18H26ClN5O. The number of hydrogen-bond donors (Lipinski definition) is 1. The van der Waals surface area contributed by atoms with Crippen LogP contribution in [0.5, 0.6) is 5.75 Å². The predicted octanol–water partition coefficient (Wildman–Crippen LogP) is 3.06. The van der Waals surface area contributed by atoms with Gasteiger partial charge in [0.15, 0.2) is 0 Å². The molecule has 2 heterocycles. The smallest absolute Gasteiger partial charge is 0.142 e. The van der Waals surface area contributed by atoms with Gasteiger partial charge in [-0.05, 0) is 45.4 Å². The number of nitrogens with one attached hydrogen (secondary N) is 1. The van der Waals surface area contributed by atoms with Crippen LogP contribution in [0.2, 0.25) is 5.02 Å². The van der Waals surface area contributed by atoms with Crippen molar-refractivity contribution in [1.82, 2.24) is 20.3 Å². The highest BCUT2D eigenvalue weighted by Crippen LogP contribution is 2.33. The van der Waals surface area contributed by atoms with Gasteiger partial charge in [-0.15, -0.1) is 5.10 Å². The summed E-state index contributed by atoms with van der Waals surface area (Å²) >= 11 is 6.15. The molecule has 1 atom stereocenters. The van der Waals surface area contributed by atoms with Crippen molar-refractivity contribution in [2.24, 2.45) is 0 Å². The molecule has 1 saturated heterocycles. The van der Waals surface area contributed by atoms with Crippen molar-refractivity contribution in [3.8, 4) is 5.75 Å². The molecule has 0 radical (unpaired) electrons. The molecule has 3 rings (SSSR count). The number of aromatic nitrogens is 3. The van der Waals surface area contributed by atoms with E-state index in [9.17, 15) is 0 Å². The van der Waals surface area contributed by atoms with Gasteiger partial charge in [-0.3, -0.25) is 0 Å². The molecule has 7 heteroatoms. The van der Waals surface area contributed by atoms with Gasteiger partial charge >= 0.3 is 0 Å². The lowest BCUT2D eigenvalue weighted by molar-refractivity contribution is 0.347. The van der Waals surface area contributed by atoms with Gasteiger partial charge in [0.2, 0.25) is 0 Å². The van der Waals surface area contributed by atoms with E-state index in [4.69, 9.17) is 16.3 Å². The summed E-state index contributed by atoms with van der Waals surface area (Å²) in [6, 6.07) is 6.15. The fraction of sp³-hybridized carbons (Fsp3) is 0.556. The Bertz CT molecular complexity index is 724. The maximum Gasteiger partial charge on any atom is 0.142 e. The molecule has 0 aliphatic carbocycles. The van der Waals surface area contributed by atoms with E-state index in [1.54, 1.807) is 7.11 Å². The van der Waals surface area contributed by atoms with Crippen molar-refractivity contribution in [1.29, 1.82) is 0 Å². The summed E-state index contributed by atoms with van der Waals surface area (Å²) in [6.45, 7) is 8.97. The van der Waals surface area contributed by atoms with E-state index in [-0.39, 0.29) is 5.54 Å². The van der Waals surface area contributed by atoms with Crippen LogP contribution in [0.4, 0.5) is 5.69 Å². The molecule has 0 saturated carbocycles. The van der Waals surface area contributed by atoms with Crippen molar-refractivity contribution in [2.75, 3.05) is 25.1 Å². The number of benzene rings is 1.